The Kier molecular flexibility index (Phi) is 6.00. The van der Waals surface area contributed by atoms with Gasteiger partial charge < -0.3 is 15.2 Å². The van der Waals surface area contributed by atoms with Gasteiger partial charge in [0.15, 0.2) is 0 Å². The molecule has 0 aliphatic rings. The molecule has 1 aromatic carbocycles. The maximum atomic E-state index is 11.6. The number of methoxy groups -OCH3 is 1. The second-order valence-electron chi connectivity index (χ2n) is 4.64. The summed E-state index contributed by atoms with van der Waals surface area (Å²) in [5, 5.41) is 24.1. The van der Waals surface area contributed by atoms with Gasteiger partial charge in [-0.25, -0.2) is 4.79 Å². The number of benzene rings is 1. The van der Waals surface area contributed by atoms with Gasteiger partial charge in [0.1, 0.15) is 11.8 Å². The molecule has 2 rings (SSSR count). The average molecular weight is 391 g/mol. The number of esters is 1. The molecule has 1 unspecified atom stereocenters. The zero-order valence-corrected chi connectivity index (χ0v) is 14.6. The van der Waals surface area contributed by atoms with E-state index in [4.69, 9.17) is 23.2 Å². The van der Waals surface area contributed by atoms with Crippen LogP contribution < -0.4 is 5.32 Å². The maximum Gasteiger partial charge on any atom is 0.339 e. The molecule has 10 heteroatoms. The summed E-state index contributed by atoms with van der Waals surface area (Å²) < 4.78 is 5.06. The first-order chi connectivity index (χ1) is 11.3. The van der Waals surface area contributed by atoms with Gasteiger partial charge in [0.05, 0.1) is 27.0 Å². The third-order valence-electron chi connectivity index (χ3n) is 3.10. The van der Waals surface area contributed by atoms with Crippen LogP contribution in [0.25, 0.3) is 0 Å². The number of anilines is 1. The predicted molar refractivity (Wildman–Crippen MR) is 92.2 cm³/mol. The molecule has 7 nitrogen and oxygen atoms in total. The maximum absolute atomic E-state index is 11.6. The number of halogens is 2. The monoisotopic (exact) mass is 390 g/mol. The highest BCUT2D eigenvalue weighted by Gasteiger charge is 2.22. The van der Waals surface area contributed by atoms with E-state index in [9.17, 15) is 20.0 Å². The van der Waals surface area contributed by atoms with Crippen LogP contribution in [0, 0.1) is 10.1 Å². The van der Waals surface area contributed by atoms with Crippen LogP contribution in [0.15, 0.2) is 24.3 Å². The number of ether oxygens (including phenoxy) is 1. The molecular weight excluding hydrogens is 379 g/mol. The lowest BCUT2D eigenvalue weighted by Gasteiger charge is -2.13. The van der Waals surface area contributed by atoms with Crippen molar-refractivity contribution in [3.63, 3.8) is 0 Å². The Bertz CT molecular complexity index is 781. The topological polar surface area (TPSA) is 102 Å². The molecular formula is C14H12Cl2N2O5S. The van der Waals surface area contributed by atoms with Crippen molar-refractivity contribution in [3.8, 4) is 0 Å². The number of carbonyl (C=O) groups excluding carboxylic acids is 1. The van der Waals surface area contributed by atoms with Gasteiger partial charge in [-0.05, 0) is 18.2 Å². The molecule has 1 heterocycles. The van der Waals surface area contributed by atoms with E-state index < -0.39 is 17.0 Å². The van der Waals surface area contributed by atoms with Crippen molar-refractivity contribution in [2.75, 3.05) is 19.0 Å². The number of nitrogens with zero attached hydrogens (tertiary/aromatic N) is 1. The number of aliphatic hydroxyl groups is 1. The molecule has 2 N–H and O–H groups in total. The highest BCUT2D eigenvalue weighted by Crippen LogP contribution is 2.33. The van der Waals surface area contributed by atoms with Gasteiger partial charge in [-0.15, -0.1) is 11.3 Å². The second kappa shape index (κ2) is 7.80. The molecule has 0 amide bonds. The zero-order chi connectivity index (χ0) is 17.9. The fourth-order valence-corrected chi connectivity index (χ4v) is 3.22. The number of nitro groups is 1. The van der Waals surface area contributed by atoms with Gasteiger partial charge >= 0.3 is 5.97 Å². The van der Waals surface area contributed by atoms with Crippen molar-refractivity contribution in [1.29, 1.82) is 0 Å². The Morgan fingerprint density at radius 2 is 2.17 bits per heavy atom. The summed E-state index contributed by atoms with van der Waals surface area (Å²) >= 11 is 13.0. The highest BCUT2D eigenvalue weighted by molar-refractivity contribution is 7.16. The van der Waals surface area contributed by atoms with Crippen molar-refractivity contribution >= 4 is 51.9 Å². The van der Waals surface area contributed by atoms with Gasteiger partial charge in [-0.1, -0.05) is 23.2 Å². The number of hydrogen-bond donors (Lipinski definition) is 2. The number of hydrogen-bond acceptors (Lipinski definition) is 7. The summed E-state index contributed by atoms with van der Waals surface area (Å²) in [6.45, 7) is 0.00554. The van der Waals surface area contributed by atoms with E-state index in [1.165, 1.54) is 17.4 Å². The van der Waals surface area contributed by atoms with Crippen LogP contribution in [0.5, 0.6) is 0 Å². The second-order valence-corrected chi connectivity index (χ2v) is 6.79. The SMILES string of the molecule is COC(=O)c1cc([N+](=O)[O-])c(NCC(O)c2ccc(Cl)s2)cc1Cl. The minimum atomic E-state index is -0.902. The largest absolute Gasteiger partial charge is 0.465 e. The Morgan fingerprint density at radius 3 is 2.71 bits per heavy atom. The van der Waals surface area contributed by atoms with Gasteiger partial charge in [0, 0.05) is 17.5 Å². The predicted octanol–water partition coefficient (Wildman–Crippen LogP) is 3.90. The lowest BCUT2D eigenvalue weighted by molar-refractivity contribution is -0.384. The molecule has 0 radical (unpaired) electrons. The third kappa shape index (κ3) is 4.15. The van der Waals surface area contributed by atoms with Crippen molar-refractivity contribution in [2.45, 2.75) is 6.10 Å². The van der Waals surface area contributed by atoms with Crippen LogP contribution in [0.3, 0.4) is 0 Å². The summed E-state index contributed by atoms with van der Waals surface area (Å²) in [4.78, 5) is 22.7. The Morgan fingerprint density at radius 1 is 1.46 bits per heavy atom. The molecule has 1 aromatic heterocycles. The standard InChI is InChI=1S/C14H12Cl2N2O5S/c1-23-14(20)7-4-10(18(21)22)9(5-8(7)15)17-6-11(19)12-2-3-13(16)24-12/h2-5,11,17,19H,6H2,1H3. The number of carbonyl (C=O) groups is 1. The van der Waals surface area contributed by atoms with Crippen molar-refractivity contribution in [1.82, 2.24) is 0 Å². The molecule has 128 valence electrons. The van der Waals surface area contributed by atoms with Crippen molar-refractivity contribution in [3.05, 3.63) is 54.2 Å². The molecule has 0 aliphatic carbocycles. The third-order valence-corrected chi connectivity index (χ3v) is 4.74. The van der Waals surface area contributed by atoms with Gasteiger partial charge in [-0.2, -0.15) is 0 Å². The Labute approximate surface area is 150 Å². The molecule has 1 atom stereocenters. The number of thiophene rings is 1. The van der Waals surface area contributed by atoms with E-state index in [1.807, 2.05) is 0 Å². The van der Waals surface area contributed by atoms with Gasteiger partial charge in [0.25, 0.3) is 5.69 Å². The van der Waals surface area contributed by atoms with E-state index in [1.54, 1.807) is 12.1 Å². The molecule has 0 spiro atoms. The summed E-state index contributed by atoms with van der Waals surface area (Å²) in [7, 11) is 1.15. The molecule has 0 saturated heterocycles. The minimum Gasteiger partial charge on any atom is -0.465 e. The molecule has 2 aromatic rings. The number of aliphatic hydroxyl groups excluding tert-OH is 1. The van der Waals surface area contributed by atoms with Crippen LogP contribution in [-0.4, -0.2) is 29.7 Å². The molecule has 0 fully saturated rings. The van der Waals surface area contributed by atoms with E-state index in [-0.39, 0.29) is 28.5 Å². The molecule has 0 aliphatic heterocycles. The highest BCUT2D eigenvalue weighted by atomic mass is 35.5. The first-order valence-corrected chi connectivity index (χ1v) is 8.14. The lowest BCUT2D eigenvalue weighted by Crippen LogP contribution is -2.13. The van der Waals surface area contributed by atoms with Crippen LogP contribution >= 0.6 is 34.5 Å². The van der Waals surface area contributed by atoms with Crippen LogP contribution in [0.4, 0.5) is 11.4 Å². The van der Waals surface area contributed by atoms with Crippen molar-refractivity contribution in [2.24, 2.45) is 0 Å². The number of nitro benzene ring substituents is 1. The van der Waals surface area contributed by atoms with E-state index in [0.717, 1.165) is 13.2 Å². The summed E-state index contributed by atoms with van der Waals surface area (Å²) in [5.41, 5.74) is -0.377. The zero-order valence-electron chi connectivity index (χ0n) is 12.3. The average Bonchev–Trinajstić information content (AvgIpc) is 2.98. The first kappa shape index (κ1) is 18.5. The first-order valence-electron chi connectivity index (χ1n) is 6.57. The minimum absolute atomic E-state index is 0.00334. The van der Waals surface area contributed by atoms with E-state index in [0.29, 0.717) is 9.21 Å². The number of rotatable bonds is 6. The summed E-state index contributed by atoms with van der Waals surface area (Å²) in [6, 6.07) is 5.60. The van der Waals surface area contributed by atoms with E-state index in [2.05, 4.69) is 10.1 Å². The van der Waals surface area contributed by atoms with Gasteiger partial charge in [0.2, 0.25) is 0 Å². The normalized spacial score (nSPS) is 11.8. The van der Waals surface area contributed by atoms with Gasteiger partial charge in [-0.3, -0.25) is 10.1 Å². The van der Waals surface area contributed by atoms with E-state index >= 15 is 0 Å². The Balaban J connectivity index is 2.24. The molecule has 24 heavy (non-hydrogen) atoms. The van der Waals surface area contributed by atoms with Crippen LogP contribution in [0.1, 0.15) is 21.3 Å². The van der Waals surface area contributed by atoms with Crippen LogP contribution in [-0.2, 0) is 4.74 Å². The fraction of sp³-hybridized carbons (Fsp3) is 0.214. The molecule has 0 saturated carbocycles. The number of nitrogens with one attached hydrogen (secondary N) is 1. The Hall–Kier alpha value is -1.87. The fourth-order valence-electron chi connectivity index (χ4n) is 1.94. The lowest BCUT2D eigenvalue weighted by atomic mass is 10.1. The summed E-state index contributed by atoms with van der Waals surface area (Å²) in [5.74, 6) is -0.775. The molecule has 0 bridgehead atoms. The summed E-state index contributed by atoms with van der Waals surface area (Å²) in [6.07, 6.45) is -0.902. The van der Waals surface area contributed by atoms with Crippen LogP contribution in [0.2, 0.25) is 9.36 Å². The quantitative estimate of drug-likeness (QED) is 0.440. The van der Waals surface area contributed by atoms with Crippen molar-refractivity contribution < 1.29 is 19.6 Å². The smallest absolute Gasteiger partial charge is 0.339 e.